The first-order valence-electron chi connectivity index (χ1n) is 6.16. The molecule has 2 rings (SSSR count). The third kappa shape index (κ3) is 3.81. The average Bonchev–Trinajstić information content (AvgIpc) is 2.40. The van der Waals surface area contributed by atoms with Crippen LogP contribution in [0.5, 0.6) is 5.75 Å². The normalized spacial score (nSPS) is 10.6. The molecule has 2 N–H and O–H groups in total. The van der Waals surface area contributed by atoms with Crippen molar-refractivity contribution >= 4 is 31.9 Å². The third-order valence-electron chi connectivity index (χ3n) is 2.85. The summed E-state index contributed by atoms with van der Waals surface area (Å²) in [5.74, 6) is 0.437. The number of hydrogen-bond acceptors (Lipinski definition) is 2. The summed E-state index contributed by atoms with van der Waals surface area (Å²) >= 11 is 6.69. The number of rotatable bonds is 5. The van der Waals surface area contributed by atoms with Gasteiger partial charge in [-0.1, -0.05) is 34.1 Å². The second-order valence-electron chi connectivity index (χ2n) is 4.29. The van der Waals surface area contributed by atoms with E-state index in [1.807, 2.05) is 18.2 Å². The largest absolute Gasteiger partial charge is 0.487 e. The summed E-state index contributed by atoms with van der Waals surface area (Å²) in [4.78, 5) is 0. The van der Waals surface area contributed by atoms with E-state index in [0.717, 1.165) is 22.2 Å². The Balaban J connectivity index is 2.18. The lowest BCUT2D eigenvalue weighted by Crippen LogP contribution is -2.06. The maximum Gasteiger partial charge on any atom is 0.137 e. The maximum absolute atomic E-state index is 13.8. The maximum atomic E-state index is 13.8. The van der Waals surface area contributed by atoms with Crippen molar-refractivity contribution in [2.45, 2.75) is 13.0 Å². The minimum absolute atomic E-state index is 0.180. The van der Waals surface area contributed by atoms with Crippen LogP contribution in [0.25, 0.3) is 0 Å². The van der Waals surface area contributed by atoms with E-state index in [9.17, 15) is 4.39 Å². The molecule has 0 bridgehead atoms. The number of hydrogen-bond donors (Lipinski definition) is 1. The molecule has 0 aliphatic carbocycles. The van der Waals surface area contributed by atoms with Crippen LogP contribution in [0.2, 0.25) is 0 Å². The van der Waals surface area contributed by atoms with E-state index in [2.05, 4.69) is 31.9 Å². The summed E-state index contributed by atoms with van der Waals surface area (Å²) < 4.78 is 21.1. The standard InChI is InChI=1S/C15H14Br2FNO/c16-12-5-4-11(14(18)8-12)9-20-15-10(6-7-19)2-1-3-13(15)17/h1-5,8H,6-7,9,19H2. The molecule has 5 heteroatoms. The second-order valence-corrected chi connectivity index (χ2v) is 6.06. The van der Waals surface area contributed by atoms with Gasteiger partial charge in [-0.15, -0.1) is 0 Å². The van der Waals surface area contributed by atoms with Crippen LogP contribution < -0.4 is 10.5 Å². The Hall–Kier alpha value is -0.910. The SMILES string of the molecule is NCCc1cccc(Br)c1OCc1ccc(Br)cc1F. The number of nitrogens with two attached hydrogens (primary N) is 1. The molecular weight excluding hydrogens is 389 g/mol. The van der Waals surface area contributed by atoms with Crippen LogP contribution in [0.1, 0.15) is 11.1 Å². The topological polar surface area (TPSA) is 35.2 Å². The Labute approximate surface area is 134 Å². The lowest BCUT2D eigenvalue weighted by molar-refractivity contribution is 0.295. The number of ether oxygens (including phenoxy) is 1. The molecule has 2 aromatic carbocycles. The highest BCUT2D eigenvalue weighted by Gasteiger charge is 2.10. The van der Waals surface area contributed by atoms with Gasteiger partial charge in [0.1, 0.15) is 18.2 Å². The fraction of sp³-hybridized carbons (Fsp3) is 0.200. The Morgan fingerprint density at radius 1 is 1.10 bits per heavy atom. The molecule has 0 amide bonds. The van der Waals surface area contributed by atoms with E-state index in [1.165, 1.54) is 6.07 Å². The van der Waals surface area contributed by atoms with Gasteiger partial charge in [-0.3, -0.25) is 0 Å². The molecular formula is C15H14Br2FNO. The Kier molecular flexibility index (Phi) is 5.57. The van der Waals surface area contributed by atoms with Crippen LogP contribution in [-0.2, 0) is 13.0 Å². The molecule has 0 saturated heterocycles. The van der Waals surface area contributed by atoms with Crippen molar-refractivity contribution in [2.75, 3.05) is 6.54 Å². The molecule has 0 fully saturated rings. The molecule has 20 heavy (non-hydrogen) atoms. The highest BCUT2D eigenvalue weighted by molar-refractivity contribution is 9.10. The molecule has 0 unspecified atom stereocenters. The van der Waals surface area contributed by atoms with Crippen LogP contribution in [0, 0.1) is 5.82 Å². The van der Waals surface area contributed by atoms with E-state index in [1.54, 1.807) is 12.1 Å². The molecule has 0 heterocycles. The van der Waals surface area contributed by atoms with Crippen molar-refractivity contribution in [2.24, 2.45) is 5.73 Å². The zero-order valence-corrected chi connectivity index (χ0v) is 13.9. The van der Waals surface area contributed by atoms with Crippen molar-refractivity contribution in [1.82, 2.24) is 0 Å². The molecule has 0 spiro atoms. The average molecular weight is 403 g/mol. The minimum atomic E-state index is -0.285. The van der Waals surface area contributed by atoms with Crippen molar-refractivity contribution in [3.8, 4) is 5.75 Å². The monoisotopic (exact) mass is 401 g/mol. The smallest absolute Gasteiger partial charge is 0.137 e. The molecule has 2 nitrogen and oxygen atoms in total. The summed E-state index contributed by atoms with van der Waals surface area (Å²) in [7, 11) is 0. The summed E-state index contributed by atoms with van der Waals surface area (Å²) in [6.07, 6.45) is 0.720. The predicted octanol–water partition coefficient (Wildman–Crippen LogP) is 4.43. The van der Waals surface area contributed by atoms with Gasteiger partial charge in [0.2, 0.25) is 0 Å². The first-order chi connectivity index (χ1) is 9.61. The van der Waals surface area contributed by atoms with E-state index < -0.39 is 0 Å². The van der Waals surface area contributed by atoms with Crippen LogP contribution >= 0.6 is 31.9 Å². The van der Waals surface area contributed by atoms with E-state index in [-0.39, 0.29) is 12.4 Å². The lowest BCUT2D eigenvalue weighted by atomic mass is 10.1. The number of benzene rings is 2. The molecule has 0 aliphatic rings. The summed E-state index contributed by atoms with van der Waals surface area (Å²) in [5, 5.41) is 0. The summed E-state index contributed by atoms with van der Waals surface area (Å²) in [6.45, 7) is 0.721. The highest BCUT2D eigenvalue weighted by atomic mass is 79.9. The first-order valence-corrected chi connectivity index (χ1v) is 7.74. The lowest BCUT2D eigenvalue weighted by Gasteiger charge is -2.13. The third-order valence-corrected chi connectivity index (χ3v) is 3.97. The van der Waals surface area contributed by atoms with E-state index in [4.69, 9.17) is 10.5 Å². The van der Waals surface area contributed by atoms with Crippen LogP contribution in [0.3, 0.4) is 0 Å². The van der Waals surface area contributed by atoms with Gasteiger partial charge in [0.15, 0.2) is 0 Å². The highest BCUT2D eigenvalue weighted by Crippen LogP contribution is 2.30. The van der Waals surface area contributed by atoms with Crippen LogP contribution in [0.4, 0.5) is 4.39 Å². The first kappa shape index (κ1) is 15.5. The number of halogens is 3. The molecule has 0 aromatic heterocycles. The zero-order valence-electron chi connectivity index (χ0n) is 10.7. The van der Waals surface area contributed by atoms with Crippen molar-refractivity contribution < 1.29 is 9.13 Å². The van der Waals surface area contributed by atoms with Gasteiger partial charge in [-0.05, 0) is 52.7 Å². The molecule has 0 atom stereocenters. The summed E-state index contributed by atoms with van der Waals surface area (Å²) in [5.41, 5.74) is 7.12. The van der Waals surface area contributed by atoms with Gasteiger partial charge in [0, 0.05) is 10.0 Å². The quantitative estimate of drug-likeness (QED) is 0.802. The van der Waals surface area contributed by atoms with Gasteiger partial charge in [0.25, 0.3) is 0 Å². The minimum Gasteiger partial charge on any atom is -0.487 e. The molecule has 2 aromatic rings. The molecule has 106 valence electrons. The Bertz CT molecular complexity index is 604. The fourth-order valence-corrected chi connectivity index (χ4v) is 2.71. The van der Waals surface area contributed by atoms with Gasteiger partial charge >= 0.3 is 0 Å². The van der Waals surface area contributed by atoms with E-state index >= 15 is 0 Å². The van der Waals surface area contributed by atoms with Crippen molar-refractivity contribution in [1.29, 1.82) is 0 Å². The second kappa shape index (κ2) is 7.20. The Morgan fingerprint density at radius 3 is 2.60 bits per heavy atom. The van der Waals surface area contributed by atoms with E-state index in [0.29, 0.717) is 16.6 Å². The van der Waals surface area contributed by atoms with Gasteiger partial charge in [-0.25, -0.2) is 4.39 Å². The molecule has 0 saturated carbocycles. The fourth-order valence-electron chi connectivity index (χ4n) is 1.86. The zero-order chi connectivity index (χ0) is 14.5. The van der Waals surface area contributed by atoms with Crippen LogP contribution in [0.15, 0.2) is 45.3 Å². The Morgan fingerprint density at radius 2 is 1.90 bits per heavy atom. The summed E-state index contributed by atoms with van der Waals surface area (Å²) in [6, 6.07) is 10.7. The molecule has 0 aliphatic heterocycles. The van der Waals surface area contributed by atoms with Gasteiger partial charge < -0.3 is 10.5 Å². The van der Waals surface area contributed by atoms with Crippen molar-refractivity contribution in [3.05, 3.63) is 62.3 Å². The van der Waals surface area contributed by atoms with Gasteiger partial charge in [-0.2, -0.15) is 0 Å². The predicted molar refractivity (Wildman–Crippen MR) is 85.3 cm³/mol. The van der Waals surface area contributed by atoms with Gasteiger partial charge in [0.05, 0.1) is 4.47 Å². The van der Waals surface area contributed by atoms with Crippen LogP contribution in [-0.4, -0.2) is 6.54 Å². The van der Waals surface area contributed by atoms with Crippen molar-refractivity contribution in [3.63, 3.8) is 0 Å². The number of para-hydroxylation sites is 1. The molecule has 0 radical (unpaired) electrons.